The van der Waals surface area contributed by atoms with Crippen LogP contribution in [0.5, 0.6) is 0 Å². The molecule has 2 heterocycles. The van der Waals surface area contributed by atoms with E-state index in [1.807, 2.05) is 13.8 Å². The van der Waals surface area contributed by atoms with Crippen molar-refractivity contribution in [1.29, 1.82) is 0 Å². The van der Waals surface area contributed by atoms with Crippen LogP contribution in [0.15, 0.2) is 42.7 Å². The molecule has 0 spiro atoms. The molecule has 0 aliphatic heterocycles. The first-order chi connectivity index (χ1) is 13.7. The maximum atomic E-state index is 14.5. The van der Waals surface area contributed by atoms with Crippen molar-refractivity contribution in [2.24, 2.45) is 7.05 Å². The number of carbonyl (C=O) groups excluding carboxylic acids is 1. The van der Waals surface area contributed by atoms with E-state index in [-0.39, 0.29) is 16.9 Å². The lowest BCUT2D eigenvalue weighted by Gasteiger charge is -2.09. The van der Waals surface area contributed by atoms with Gasteiger partial charge >= 0.3 is 6.18 Å². The van der Waals surface area contributed by atoms with E-state index in [4.69, 9.17) is 0 Å². The van der Waals surface area contributed by atoms with Crippen molar-refractivity contribution in [3.63, 3.8) is 0 Å². The zero-order valence-corrected chi connectivity index (χ0v) is 16.3. The van der Waals surface area contributed by atoms with Gasteiger partial charge in [-0.1, -0.05) is 13.8 Å². The SMILES string of the molecule is CC.Cc1cnccc1C(=O)Nc1ccc(-c2cc(C(F)(F)F)nn2C)c(F)c1. The van der Waals surface area contributed by atoms with Crippen LogP contribution in [-0.4, -0.2) is 20.7 Å². The first kappa shape index (κ1) is 22.1. The second-order valence-electron chi connectivity index (χ2n) is 5.88. The molecule has 0 unspecified atom stereocenters. The summed E-state index contributed by atoms with van der Waals surface area (Å²) in [5.41, 5.74) is 0.0273. The van der Waals surface area contributed by atoms with Gasteiger partial charge in [-0.2, -0.15) is 18.3 Å². The van der Waals surface area contributed by atoms with Crippen molar-refractivity contribution in [3.05, 3.63) is 65.4 Å². The first-order valence-electron chi connectivity index (χ1n) is 8.80. The quantitative estimate of drug-likeness (QED) is 0.604. The van der Waals surface area contributed by atoms with Gasteiger partial charge in [0.1, 0.15) is 5.82 Å². The van der Waals surface area contributed by atoms with E-state index in [0.29, 0.717) is 11.1 Å². The van der Waals surface area contributed by atoms with Gasteiger partial charge in [-0.15, -0.1) is 0 Å². The molecule has 1 aromatic carbocycles. The van der Waals surface area contributed by atoms with Gasteiger partial charge in [0.25, 0.3) is 5.91 Å². The molecule has 0 saturated heterocycles. The number of alkyl halides is 3. The number of aryl methyl sites for hydroxylation is 2. The summed E-state index contributed by atoms with van der Waals surface area (Å²) in [5.74, 6) is -1.22. The third-order valence-corrected chi connectivity index (χ3v) is 3.94. The summed E-state index contributed by atoms with van der Waals surface area (Å²) in [6, 6.07) is 6.05. The van der Waals surface area contributed by atoms with Crippen molar-refractivity contribution < 1.29 is 22.4 Å². The predicted molar refractivity (Wildman–Crippen MR) is 102 cm³/mol. The van der Waals surface area contributed by atoms with Crippen LogP contribution in [0.4, 0.5) is 23.2 Å². The van der Waals surface area contributed by atoms with E-state index >= 15 is 0 Å². The fraction of sp³-hybridized carbons (Fsp3) is 0.250. The maximum absolute atomic E-state index is 14.5. The third kappa shape index (κ3) is 4.98. The van der Waals surface area contributed by atoms with Crippen LogP contribution in [0, 0.1) is 12.7 Å². The Hall–Kier alpha value is -3.23. The lowest BCUT2D eigenvalue weighted by Crippen LogP contribution is -2.13. The number of aromatic nitrogens is 3. The molecule has 9 heteroatoms. The van der Waals surface area contributed by atoms with Crippen LogP contribution >= 0.6 is 0 Å². The molecular weight excluding hydrogens is 388 g/mol. The number of amides is 1. The van der Waals surface area contributed by atoms with Crippen LogP contribution in [-0.2, 0) is 13.2 Å². The Bertz CT molecular complexity index is 1010. The number of hydrogen-bond donors (Lipinski definition) is 1. The van der Waals surface area contributed by atoms with E-state index in [1.54, 1.807) is 6.92 Å². The van der Waals surface area contributed by atoms with Crippen LogP contribution in [0.3, 0.4) is 0 Å². The van der Waals surface area contributed by atoms with Crippen molar-refractivity contribution in [2.75, 3.05) is 5.32 Å². The summed E-state index contributed by atoms with van der Waals surface area (Å²) in [4.78, 5) is 16.2. The van der Waals surface area contributed by atoms with Crippen molar-refractivity contribution in [2.45, 2.75) is 26.9 Å². The molecular formula is C20H20F4N4O. The van der Waals surface area contributed by atoms with Crippen molar-refractivity contribution in [3.8, 4) is 11.3 Å². The number of nitrogens with zero attached hydrogens (tertiary/aromatic N) is 3. The summed E-state index contributed by atoms with van der Waals surface area (Å²) in [5, 5.41) is 5.92. The summed E-state index contributed by atoms with van der Waals surface area (Å²) in [6.07, 6.45) is -1.63. The monoisotopic (exact) mass is 408 g/mol. The van der Waals surface area contributed by atoms with E-state index in [9.17, 15) is 22.4 Å². The van der Waals surface area contributed by atoms with Gasteiger partial charge < -0.3 is 5.32 Å². The van der Waals surface area contributed by atoms with E-state index in [2.05, 4.69) is 15.4 Å². The Balaban J connectivity index is 0.00000145. The molecule has 29 heavy (non-hydrogen) atoms. The number of benzene rings is 1. The van der Waals surface area contributed by atoms with Gasteiger partial charge in [0.15, 0.2) is 5.69 Å². The number of anilines is 1. The normalized spacial score (nSPS) is 10.9. The molecule has 154 valence electrons. The summed E-state index contributed by atoms with van der Waals surface area (Å²) in [7, 11) is 1.30. The number of carbonyl (C=O) groups is 1. The summed E-state index contributed by atoms with van der Waals surface area (Å²) in [6.45, 7) is 5.71. The van der Waals surface area contributed by atoms with Crippen LogP contribution in [0.25, 0.3) is 11.3 Å². The minimum absolute atomic E-state index is 0.0253. The lowest BCUT2D eigenvalue weighted by molar-refractivity contribution is -0.141. The molecule has 2 aromatic heterocycles. The molecule has 1 N–H and O–H groups in total. The van der Waals surface area contributed by atoms with Gasteiger partial charge in [-0.3, -0.25) is 14.5 Å². The molecule has 0 atom stereocenters. The van der Waals surface area contributed by atoms with Crippen LogP contribution in [0.2, 0.25) is 0 Å². The number of halogens is 4. The lowest BCUT2D eigenvalue weighted by atomic mass is 10.1. The highest BCUT2D eigenvalue weighted by molar-refractivity contribution is 6.05. The van der Waals surface area contributed by atoms with Gasteiger partial charge in [0, 0.05) is 36.3 Å². The highest BCUT2D eigenvalue weighted by Gasteiger charge is 2.35. The number of nitrogens with one attached hydrogen (secondary N) is 1. The summed E-state index contributed by atoms with van der Waals surface area (Å²) >= 11 is 0. The number of hydrogen-bond acceptors (Lipinski definition) is 3. The van der Waals surface area contributed by atoms with Crippen LogP contribution in [0.1, 0.15) is 35.5 Å². The molecule has 5 nitrogen and oxygen atoms in total. The van der Waals surface area contributed by atoms with E-state index in [0.717, 1.165) is 16.8 Å². The molecule has 0 aliphatic rings. The molecule has 0 saturated carbocycles. The highest BCUT2D eigenvalue weighted by Crippen LogP contribution is 2.32. The van der Waals surface area contributed by atoms with Crippen molar-refractivity contribution in [1.82, 2.24) is 14.8 Å². The molecule has 1 amide bonds. The second-order valence-corrected chi connectivity index (χ2v) is 5.88. The first-order valence-corrected chi connectivity index (χ1v) is 8.80. The fourth-order valence-corrected chi connectivity index (χ4v) is 2.59. The maximum Gasteiger partial charge on any atom is 0.435 e. The fourth-order valence-electron chi connectivity index (χ4n) is 2.59. The topological polar surface area (TPSA) is 59.8 Å². The third-order valence-electron chi connectivity index (χ3n) is 3.94. The molecule has 3 aromatic rings. The van der Waals surface area contributed by atoms with Crippen molar-refractivity contribution >= 4 is 11.6 Å². The van der Waals surface area contributed by atoms with Crippen LogP contribution < -0.4 is 5.32 Å². The molecule has 0 fully saturated rings. The Morgan fingerprint density at radius 1 is 1.14 bits per heavy atom. The van der Waals surface area contributed by atoms with Gasteiger partial charge in [-0.25, -0.2) is 4.39 Å². The largest absolute Gasteiger partial charge is 0.435 e. The summed E-state index contributed by atoms with van der Waals surface area (Å²) < 4.78 is 53.8. The Morgan fingerprint density at radius 3 is 2.38 bits per heavy atom. The average molecular weight is 408 g/mol. The Morgan fingerprint density at radius 2 is 1.83 bits per heavy atom. The molecule has 0 aliphatic carbocycles. The zero-order valence-electron chi connectivity index (χ0n) is 16.3. The van der Waals surface area contributed by atoms with Gasteiger partial charge in [-0.05, 0) is 42.8 Å². The Labute approximate surface area is 165 Å². The Kier molecular flexibility index (Phi) is 6.73. The number of pyridine rings is 1. The highest BCUT2D eigenvalue weighted by atomic mass is 19.4. The smallest absolute Gasteiger partial charge is 0.322 e. The van der Waals surface area contributed by atoms with Gasteiger partial charge in [0.05, 0.1) is 5.69 Å². The minimum Gasteiger partial charge on any atom is -0.322 e. The average Bonchev–Trinajstić information content (AvgIpc) is 3.06. The molecule has 3 rings (SSSR count). The second kappa shape index (κ2) is 8.85. The van der Waals surface area contributed by atoms with E-state index in [1.165, 1.54) is 37.6 Å². The minimum atomic E-state index is -4.62. The van der Waals surface area contributed by atoms with Gasteiger partial charge in [0.2, 0.25) is 0 Å². The number of rotatable bonds is 3. The van der Waals surface area contributed by atoms with E-state index < -0.39 is 23.6 Å². The zero-order chi connectivity index (χ0) is 21.8. The molecule has 0 radical (unpaired) electrons. The predicted octanol–water partition coefficient (Wildman–Crippen LogP) is 5.23. The standard InChI is InChI=1S/C18H14F4N4O.C2H6/c1-10-9-23-6-5-12(10)17(27)24-11-3-4-13(14(19)7-11)15-8-16(18(20,21)22)25-26(15)2;1-2/h3-9H,1-2H3,(H,24,27);1-2H3. The molecule has 0 bridgehead atoms.